The predicted molar refractivity (Wildman–Crippen MR) is 123 cm³/mol. The minimum Gasteiger partial charge on any atom is -0.378 e. The first-order valence-corrected chi connectivity index (χ1v) is 11.2. The number of nitrogens with zero attached hydrogens (tertiary/aromatic N) is 2. The third kappa shape index (κ3) is 4.25. The summed E-state index contributed by atoms with van der Waals surface area (Å²) in [5, 5.41) is 1.58. The lowest BCUT2D eigenvalue weighted by molar-refractivity contribution is 0.0303. The Hall–Kier alpha value is -2.63. The first-order chi connectivity index (χ1) is 15.0. The zero-order valence-corrected chi connectivity index (χ0v) is 18.7. The van der Waals surface area contributed by atoms with Gasteiger partial charge in [-0.1, -0.05) is 49.2 Å². The Balaban J connectivity index is 1.87. The molecule has 1 amide bonds. The lowest BCUT2D eigenvalue weighted by Crippen LogP contribution is -2.40. The number of carbonyl (C=O) groups excluding carboxylic acids is 2. The number of ketones is 1. The molecule has 1 saturated heterocycles. The predicted octanol–water partition coefficient (Wildman–Crippen LogP) is 4.97. The van der Waals surface area contributed by atoms with E-state index < -0.39 is 0 Å². The molecule has 0 radical (unpaired) electrons. The third-order valence-corrected chi connectivity index (χ3v) is 6.21. The molecule has 0 N–H and O–H groups in total. The second-order valence-electron chi connectivity index (χ2n) is 7.94. The van der Waals surface area contributed by atoms with Crippen molar-refractivity contribution in [3.8, 4) is 0 Å². The fourth-order valence-electron chi connectivity index (χ4n) is 4.35. The molecule has 1 aliphatic heterocycles. The van der Waals surface area contributed by atoms with Crippen LogP contribution in [0.15, 0.2) is 42.5 Å². The zero-order chi connectivity index (χ0) is 22.0. The van der Waals surface area contributed by atoms with Gasteiger partial charge in [0.25, 0.3) is 5.91 Å². The third-order valence-electron chi connectivity index (χ3n) is 5.84. The summed E-state index contributed by atoms with van der Waals surface area (Å²) in [7, 11) is 0. The molecule has 1 aromatic heterocycles. The van der Waals surface area contributed by atoms with Gasteiger partial charge in [-0.2, -0.15) is 0 Å². The van der Waals surface area contributed by atoms with E-state index in [0.29, 0.717) is 43.4 Å². The SMILES string of the molecule is CCCc1c(C(C)=O)c2ccc(C(=O)N3CCOCC3)cc2n1Cc1ccccc1Cl. The number of benzene rings is 2. The zero-order valence-electron chi connectivity index (χ0n) is 18.0. The average Bonchev–Trinajstić information content (AvgIpc) is 3.08. The van der Waals surface area contributed by atoms with Crippen LogP contribution >= 0.6 is 11.6 Å². The van der Waals surface area contributed by atoms with E-state index in [4.69, 9.17) is 16.3 Å². The maximum absolute atomic E-state index is 13.1. The van der Waals surface area contributed by atoms with Gasteiger partial charge in [0.1, 0.15) is 0 Å². The highest BCUT2D eigenvalue weighted by atomic mass is 35.5. The van der Waals surface area contributed by atoms with E-state index in [1.807, 2.05) is 47.4 Å². The van der Waals surface area contributed by atoms with Crippen molar-refractivity contribution in [2.45, 2.75) is 33.2 Å². The van der Waals surface area contributed by atoms with E-state index in [0.717, 1.165) is 40.6 Å². The summed E-state index contributed by atoms with van der Waals surface area (Å²) in [6.45, 7) is 6.58. The first kappa shape index (κ1) is 21.6. The summed E-state index contributed by atoms with van der Waals surface area (Å²) in [6, 6.07) is 13.4. The molecule has 0 spiro atoms. The van der Waals surface area contributed by atoms with Crippen LogP contribution in [0.4, 0.5) is 0 Å². The Kier molecular flexibility index (Phi) is 6.44. The van der Waals surface area contributed by atoms with Crippen molar-refractivity contribution in [3.05, 3.63) is 69.9 Å². The van der Waals surface area contributed by atoms with Gasteiger partial charge in [-0.05, 0) is 37.1 Å². The maximum Gasteiger partial charge on any atom is 0.254 e. The number of morpholine rings is 1. The largest absolute Gasteiger partial charge is 0.378 e. The van der Waals surface area contributed by atoms with Crippen LogP contribution in [0.1, 0.15) is 52.2 Å². The molecule has 2 heterocycles. The van der Waals surface area contributed by atoms with Gasteiger partial charge in [0.15, 0.2) is 5.78 Å². The summed E-state index contributed by atoms with van der Waals surface area (Å²) < 4.78 is 7.54. The molecule has 5 nitrogen and oxygen atoms in total. The van der Waals surface area contributed by atoms with Gasteiger partial charge in [-0.3, -0.25) is 9.59 Å². The second kappa shape index (κ2) is 9.25. The molecule has 3 aromatic rings. The van der Waals surface area contributed by atoms with Gasteiger partial charge in [0.05, 0.1) is 18.7 Å². The summed E-state index contributed by atoms with van der Waals surface area (Å²) in [6.07, 6.45) is 1.69. The number of aromatic nitrogens is 1. The molecule has 1 aliphatic rings. The van der Waals surface area contributed by atoms with E-state index in [-0.39, 0.29) is 11.7 Å². The Bertz CT molecular complexity index is 1130. The highest BCUT2D eigenvalue weighted by Gasteiger charge is 2.23. The van der Waals surface area contributed by atoms with Crippen LogP contribution in [0.3, 0.4) is 0 Å². The van der Waals surface area contributed by atoms with Gasteiger partial charge < -0.3 is 14.2 Å². The highest BCUT2D eigenvalue weighted by Crippen LogP contribution is 2.31. The van der Waals surface area contributed by atoms with Crippen molar-refractivity contribution in [1.82, 2.24) is 9.47 Å². The van der Waals surface area contributed by atoms with Crippen molar-refractivity contribution in [1.29, 1.82) is 0 Å². The van der Waals surface area contributed by atoms with Crippen LogP contribution in [0.25, 0.3) is 10.9 Å². The monoisotopic (exact) mass is 438 g/mol. The smallest absolute Gasteiger partial charge is 0.254 e. The van der Waals surface area contributed by atoms with Crippen molar-refractivity contribution in [3.63, 3.8) is 0 Å². The molecule has 0 saturated carbocycles. The number of hydrogen-bond acceptors (Lipinski definition) is 3. The number of rotatable bonds is 6. The summed E-state index contributed by atoms with van der Waals surface area (Å²) in [4.78, 5) is 27.5. The molecule has 6 heteroatoms. The molecular formula is C25H27ClN2O3. The van der Waals surface area contributed by atoms with Crippen LogP contribution in [0, 0.1) is 0 Å². The summed E-state index contributed by atoms with van der Waals surface area (Å²) in [5.74, 6) is 0.0377. The number of carbonyl (C=O) groups is 2. The van der Waals surface area contributed by atoms with Crippen LogP contribution in [0.5, 0.6) is 0 Å². The van der Waals surface area contributed by atoms with Crippen LogP contribution in [-0.4, -0.2) is 47.5 Å². The topological polar surface area (TPSA) is 51.5 Å². The fourth-order valence-corrected chi connectivity index (χ4v) is 4.55. The lowest BCUT2D eigenvalue weighted by atomic mass is 10.0. The number of halogens is 1. The van der Waals surface area contributed by atoms with Gasteiger partial charge in [-0.15, -0.1) is 0 Å². The molecule has 0 bridgehead atoms. The molecular weight excluding hydrogens is 412 g/mol. The molecule has 4 rings (SSSR count). The van der Waals surface area contributed by atoms with E-state index >= 15 is 0 Å². The van der Waals surface area contributed by atoms with Crippen molar-refractivity contribution < 1.29 is 14.3 Å². The summed E-state index contributed by atoms with van der Waals surface area (Å²) in [5.41, 5.74) is 4.26. The number of ether oxygens (including phenoxy) is 1. The van der Waals surface area contributed by atoms with Crippen LogP contribution in [0.2, 0.25) is 5.02 Å². The molecule has 0 unspecified atom stereocenters. The molecule has 31 heavy (non-hydrogen) atoms. The number of amides is 1. The van der Waals surface area contributed by atoms with E-state index in [1.165, 1.54) is 0 Å². The molecule has 0 aliphatic carbocycles. The van der Waals surface area contributed by atoms with Crippen molar-refractivity contribution >= 4 is 34.2 Å². The normalized spacial score (nSPS) is 14.2. The maximum atomic E-state index is 13.1. The number of hydrogen-bond donors (Lipinski definition) is 0. The van der Waals surface area contributed by atoms with Crippen LogP contribution < -0.4 is 0 Å². The van der Waals surface area contributed by atoms with E-state index in [9.17, 15) is 9.59 Å². The van der Waals surface area contributed by atoms with E-state index in [1.54, 1.807) is 6.92 Å². The number of Topliss-reactive ketones (excluding diaryl/α,β-unsaturated/α-hetero) is 1. The average molecular weight is 439 g/mol. The minimum atomic E-state index is -0.00268. The quantitative estimate of drug-likeness (QED) is 0.510. The van der Waals surface area contributed by atoms with Gasteiger partial charge >= 0.3 is 0 Å². The Labute approximate surface area is 187 Å². The van der Waals surface area contributed by atoms with E-state index in [2.05, 4.69) is 11.5 Å². The second-order valence-corrected chi connectivity index (χ2v) is 8.35. The molecule has 0 atom stereocenters. The summed E-state index contributed by atoms with van der Waals surface area (Å²) >= 11 is 6.45. The standard InChI is InChI=1S/C25H27ClN2O3/c1-3-6-22-24(17(2)29)20-10-9-18(25(30)27-11-13-31-14-12-27)15-23(20)28(22)16-19-7-4-5-8-21(19)26/h4-5,7-10,15H,3,6,11-14,16H2,1-2H3. The van der Waals surface area contributed by atoms with Crippen molar-refractivity contribution in [2.75, 3.05) is 26.3 Å². The Morgan fingerprint density at radius 1 is 1.10 bits per heavy atom. The molecule has 162 valence electrons. The van der Waals surface area contributed by atoms with Crippen LogP contribution in [-0.2, 0) is 17.7 Å². The first-order valence-electron chi connectivity index (χ1n) is 10.8. The van der Waals surface area contributed by atoms with Crippen molar-refractivity contribution in [2.24, 2.45) is 0 Å². The molecule has 2 aromatic carbocycles. The lowest BCUT2D eigenvalue weighted by Gasteiger charge is -2.27. The van der Waals surface area contributed by atoms with Gasteiger partial charge in [0.2, 0.25) is 0 Å². The fraction of sp³-hybridized carbons (Fsp3) is 0.360. The molecule has 1 fully saturated rings. The van der Waals surface area contributed by atoms with Gasteiger partial charge in [0, 0.05) is 46.9 Å². The Morgan fingerprint density at radius 3 is 2.52 bits per heavy atom. The Morgan fingerprint density at radius 2 is 1.84 bits per heavy atom. The highest BCUT2D eigenvalue weighted by molar-refractivity contribution is 6.31. The van der Waals surface area contributed by atoms with Gasteiger partial charge in [-0.25, -0.2) is 0 Å². The number of fused-ring (bicyclic) bond motifs is 1. The minimum absolute atomic E-state index is 0.00268.